The molecule has 0 aliphatic rings. The number of carbonyl (C=O) groups is 1. The number of halogens is 2. The number of hydrogen-bond donors (Lipinski definition) is 0. The highest BCUT2D eigenvalue weighted by atomic mass is 32.3. The van der Waals surface area contributed by atoms with Gasteiger partial charge in [0.2, 0.25) is 0 Å². The third-order valence-electron chi connectivity index (χ3n) is 4.86. The van der Waals surface area contributed by atoms with Crippen LogP contribution in [0, 0.1) is 5.41 Å². The van der Waals surface area contributed by atoms with Crippen LogP contribution in [0.15, 0.2) is 106 Å². The van der Waals surface area contributed by atoms with E-state index in [0.29, 0.717) is 14.7 Å². The molecule has 0 atom stereocenters. The first-order valence-electron chi connectivity index (χ1n) is 10.9. The highest BCUT2D eigenvalue weighted by Crippen LogP contribution is 2.70. The minimum Gasteiger partial charge on any atom is -0.458 e. The third-order valence-corrected chi connectivity index (χ3v) is 10.0. The van der Waals surface area contributed by atoms with E-state index in [1.807, 2.05) is 0 Å². The molecule has 0 saturated heterocycles. The van der Waals surface area contributed by atoms with Crippen LogP contribution in [-0.2, 0) is 23.3 Å². The molecule has 188 valence electrons. The van der Waals surface area contributed by atoms with Crippen molar-refractivity contribution < 1.29 is 30.4 Å². The number of benzene rings is 3. The lowest BCUT2D eigenvalue weighted by molar-refractivity contribution is -0.151. The molecule has 35 heavy (non-hydrogen) atoms. The van der Waals surface area contributed by atoms with Crippen molar-refractivity contribution in [2.75, 3.05) is 6.61 Å². The number of ether oxygens (including phenoxy) is 1. The van der Waals surface area contributed by atoms with Gasteiger partial charge in [0.15, 0.2) is 6.61 Å². The van der Waals surface area contributed by atoms with E-state index in [1.54, 1.807) is 112 Å². The van der Waals surface area contributed by atoms with Gasteiger partial charge in [-0.05, 0) is 52.1 Å². The fraction of sp³-hybridized carbons (Fsp3) is 0.269. The third kappa shape index (κ3) is 6.28. The monoisotopic (exact) mass is 522 g/mol. The van der Waals surface area contributed by atoms with Gasteiger partial charge in [-0.15, -0.1) is 0 Å². The van der Waals surface area contributed by atoms with Gasteiger partial charge >= 0.3 is 21.3 Å². The Morgan fingerprint density at radius 2 is 1.11 bits per heavy atom. The van der Waals surface area contributed by atoms with Gasteiger partial charge in [0.05, 0.1) is 6.42 Å². The molecule has 0 amide bonds. The van der Waals surface area contributed by atoms with Crippen LogP contribution in [0.2, 0.25) is 0 Å². The van der Waals surface area contributed by atoms with Gasteiger partial charge in [-0.1, -0.05) is 75.4 Å². The molecule has 0 bridgehead atoms. The summed E-state index contributed by atoms with van der Waals surface area (Å²) in [6.45, 7) is 3.58. The summed E-state index contributed by atoms with van der Waals surface area (Å²) in [5.41, 5.74) is -0.505. The quantitative estimate of drug-likeness (QED) is 0.289. The first-order chi connectivity index (χ1) is 16.4. The van der Waals surface area contributed by atoms with Crippen molar-refractivity contribution in [2.45, 2.75) is 47.1 Å². The Morgan fingerprint density at radius 1 is 0.743 bits per heavy atom. The first-order valence-corrected chi connectivity index (χ1v) is 13.8. The molecular formula is C26H28F2O5S2. The van der Waals surface area contributed by atoms with E-state index in [-0.39, 0.29) is 6.42 Å². The Kier molecular flexibility index (Phi) is 8.03. The molecule has 0 aromatic heterocycles. The molecule has 0 spiro atoms. The van der Waals surface area contributed by atoms with Crippen molar-refractivity contribution in [3.8, 4) is 0 Å². The normalized spacial score (nSPS) is 13.3. The average molecular weight is 523 g/mol. The van der Waals surface area contributed by atoms with E-state index in [1.165, 1.54) is 0 Å². The van der Waals surface area contributed by atoms with E-state index in [9.17, 15) is 13.2 Å². The van der Waals surface area contributed by atoms with E-state index in [2.05, 4.69) is 4.74 Å². The summed E-state index contributed by atoms with van der Waals surface area (Å²) in [6.07, 6.45) is -0.142. The van der Waals surface area contributed by atoms with Crippen molar-refractivity contribution in [3.05, 3.63) is 91.0 Å². The molecule has 0 aliphatic carbocycles. The van der Waals surface area contributed by atoms with Gasteiger partial charge in [0, 0.05) is 14.7 Å². The predicted molar refractivity (Wildman–Crippen MR) is 132 cm³/mol. The van der Waals surface area contributed by atoms with Gasteiger partial charge in [-0.2, -0.15) is 17.2 Å². The smallest absolute Gasteiger partial charge is 0.403 e. The minimum atomic E-state index is -5.57. The summed E-state index contributed by atoms with van der Waals surface area (Å²) in [7, 11) is -8.72. The van der Waals surface area contributed by atoms with E-state index >= 15 is 8.78 Å². The molecule has 3 rings (SSSR count). The molecular weight excluding hydrogens is 494 g/mol. The number of carbonyl (C=O) groups excluding carboxylic acids is 1. The van der Waals surface area contributed by atoms with Crippen LogP contribution in [0.3, 0.4) is 0 Å². The van der Waals surface area contributed by atoms with E-state index in [0.717, 1.165) is 0 Å². The fourth-order valence-electron chi connectivity index (χ4n) is 3.27. The van der Waals surface area contributed by atoms with Crippen molar-refractivity contribution in [3.63, 3.8) is 0 Å². The molecule has 0 heterocycles. The molecule has 0 unspecified atom stereocenters. The first kappa shape index (κ1) is 26.8. The standard InChI is InChI=1S/C26H28F2O5S2/c1-25(2,3)19-24(29)32-20-26(27,28)35(30,31)33-34(21-13-7-4-8-14-21,22-15-9-5-10-16-22)23-17-11-6-12-18-23/h4-18H,19-20H2,1-3H3. The van der Waals surface area contributed by atoms with Crippen LogP contribution >= 0.6 is 10.3 Å². The lowest BCUT2D eigenvalue weighted by Crippen LogP contribution is -2.37. The van der Waals surface area contributed by atoms with Crippen molar-refractivity contribution in [1.29, 1.82) is 0 Å². The summed E-state index contributed by atoms with van der Waals surface area (Å²) in [4.78, 5) is 13.3. The fourth-order valence-corrected chi connectivity index (χ4v) is 8.32. The Hall–Kier alpha value is -2.75. The van der Waals surface area contributed by atoms with Crippen LogP contribution in [0.25, 0.3) is 0 Å². The second-order valence-corrected chi connectivity index (χ2v) is 13.6. The van der Waals surface area contributed by atoms with Crippen molar-refractivity contribution in [2.24, 2.45) is 5.41 Å². The maximum atomic E-state index is 15.1. The summed E-state index contributed by atoms with van der Waals surface area (Å²) >= 11 is 0. The number of alkyl halides is 2. The zero-order chi connectivity index (χ0) is 25.7. The lowest BCUT2D eigenvalue weighted by atomic mass is 9.93. The number of rotatable bonds is 9. The largest absolute Gasteiger partial charge is 0.458 e. The zero-order valence-electron chi connectivity index (χ0n) is 19.7. The second kappa shape index (κ2) is 10.5. The maximum Gasteiger partial charge on any atom is 0.403 e. The Labute approximate surface area is 206 Å². The molecule has 0 aliphatic heterocycles. The molecule has 3 aromatic carbocycles. The van der Waals surface area contributed by atoms with Crippen LogP contribution in [0.1, 0.15) is 27.2 Å². The van der Waals surface area contributed by atoms with Crippen LogP contribution in [0.5, 0.6) is 0 Å². The minimum absolute atomic E-state index is 0.142. The predicted octanol–water partition coefficient (Wildman–Crippen LogP) is 6.80. The summed E-state index contributed by atoms with van der Waals surface area (Å²) in [5, 5.41) is -4.48. The number of esters is 1. The second-order valence-electron chi connectivity index (χ2n) is 9.05. The van der Waals surface area contributed by atoms with Gasteiger partial charge in [0.25, 0.3) is 0 Å². The van der Waals surface area contributed by atoms with Gasteiger partial charge in [0.1, 0.15) is 0 Å². The maximum absolute atomic E-state index is 15.1. The van der Waals surface area contributed by atoms with Gasteiger partial charge < -0.3 is 4.74 Å². The Bertz CT molecular complexity index is 1130. The number of hydrogen-bond acceptors (Lipinski definition) is 5. The Morgan fingerprint density at radius 3 is 1.46 bits per heavy atom. The molecule has 0 saturated carbocycles. The van der Waals surface area contributed by atoms with Crippen molar-refractivity contribution >= 4 is 26.4 Å². The molecule has 0 N–H and O–H groups in total. The summed E-state index contributed by atoms with van der Waals surface area (Å²) in [5.74, 6) is -0.917. The van der Waals surface area contributed by atoms with Crippen LogP contribution < -0.4 is 0 Å². The van der Waals surface area contributed by atoms with E-state index < -0.39 is 43.7 Å². The molecule has 9 heteroatoms. The van der Waals surface area contributed by atoms with Crippen LogP contribution in [0.4, 0.5) is 8.78 Å². The van der Waals surface area contributed by atoms with Gasteiger partial charge in [-0.3, -0.25) is 4.79 Å². The van der Waals surface area contributed by atoms with Gasteiger partial charge in [-0.25, -0.2) is 3.63 Å². The van der Waals surface area contributed by atoms with Crippen molar-refractivity contribution in [1.82, 2.24) is 0 Å². The molecule has 5 nitrogen and oxygen atoms in total. The summed E-state index contributed by atoms with van der Waals surface area (Å²) in [6, 6.07) is 25.2. The summed E-state index contributed by atoms with van der Waals surface area (Å²) < 4.78 is 66.7. The molecule has 3 aromatic rings. The SMILES string of the molecule is CC(C)(C)CC(=O)OCC(F)(F)S(=O)(=O)OS(c1ccccc1)(c1ccccc1)c1ccccc1. The van der Waals surface area contributed by atoms with Crippen LogP contribution in [-0.4, -0.2) is 26.2 Å². The topological polar surface area (TPSA) is 69.7 Å². The molecule has 0 radical (unpaired) electrons. The van der Waals surface area contributed by atoms with E-state index in [4.69, 9.17) is 3.63 Å². The molecule has 0 fully saturated rings. The zero-order valence-corrected chi connectivity index (χ0v) is 21.3. The Balaban J connectivity index is 2.09. The highest BCUT2D eigenvalue weighted by molar-refractivity contribution is 8.33. The highest BCUT2D eigenvalue weighted by Gasteiger charge is 2.52. The lowest BCUT2D eigenvalue weighted by Gasteiger charge is -2.40. The average Bonchev–Trinajstić information content (AvgIpc) is 2.82.